The zero-order valence-electron chi connectivity index (χ0n) is 13.0. The number of hydrogen-bond acceptors (Lipinski definition) is 2. The Morgan fingerprint density at radius 2 is 2.13 bits per heavy atom. The molecule has 2 amide bonds. The summed E-state index contributed by atoms with van der Waals surface area (Å²) in [5.41, 5.74) is 0.778. The van der Waals surface area contributed by atoms with Gasteiger partial charge in [0.15, 0.2) is 11.6 Å². The normalized spacial score (nSPS) is 17.6. The lowest BCUT2D eigenvalue weighted by molar-refractivity contribution is 0.221. The monoisotopic (exact) mass is 320 g/mol. The van der Waals surface area contributed by atoms with Crippen molar-refractivity contribution in [3.05, 3.63) is 41.6 Å². The van der Waals surface area contributed by atoms with Crippen molar-refractivity contribution in [2.75, 3.05) is 18.4 Å². The van der Waals surface area contributed by atoms with Crippen LogP contribution in [0.2, 0.25) is 0 Å². The van der Waals surface area contributed by atoms with Crippen LogP contribution in [-0.4, -0.2) is 33.8 Å². The van der Waals surface area contributed by atoms with Gasteiger partial charge >= 0.3 is 6.03 Å². The van der Waals surface area contributed by atoms with E-state index in [0.717, 1.165) is 25.6 Å². The summed E-state index contributed by atoms with van der Waals surface area (Å²) >= 11 is 0. The van der Waals surface area contributed by atoms with Gasteiger partial charge in [-0.15, -0.1) is 5.10 Å². The minimum Gasteiger partial charge on any atom is -0.324 e. The van der Waals surface area contributed by atoms with Crippen molar-refractivity contribution >= 4 is 11.8 Å². The predicted octanol–water partition coefficient (Wildman–Crippen LogP) is 3.33. The van der Waals surface area contributed by atoms with E-state index in [1.165, 1.54) is 16.8 Å². The molecule has 23 heavy (non-hydrogen) atoms. The highest BCUT2D eigenvalue weighted by molar-refractivity contribution is 5.88. The van der Waals surface area contributed by atoms with Crippen LogP contribution in [0.1, 0.15) is 19.0 Å². The second-order valence-corrected chi connectivity index (χ2v) is 5.95. The Morgan fingerprint density at radius 1 is 1.35 bits per heavy atom. The fourth-order valence-electron chi connectivity index (χ4n) is 2.74. The number of aromatic nitrogens is 2. The van der Waals surface area contributed by atoms with Gasteiger partial charge in [-0.3, -0.25) is 5.32 Å². The molecule has 0 aliphatic carbocycles. The van der Waals surface area contributed by atoms with Crippen LogP contribution in [0.15, 0.2) is 24.3 Å². The maximum atomic E-state index is 13.9. The summed E-state index contributed by atoms with van der Waals surface area (Å²) in [6, 6.07) is 4.74. The molecular weight excluding hydrogens is 302 g/mol. The molecule has 1 aromatic carbocycles. The van der Waals surface area contributed by atoms with Crippen LogP contribution >= 0.6 is 0 Å². The largest absolute Gasteiger partial charge is 0.324 e. The van der Waals surface area contributed by atoms with E-state index >= 15 is 0 Å². The summed E-state index contributed by atoms with van der Waals surface area (Å²) in [6.07, 6.45) is 0.988. The van der Waals surface area contributed by atoms with E-state index in [1.807, 2.05) is 0 Å². The average molecular weight is 320 g/mol. The Bertz CT molecular complexity index is 744. The number of nitrogens with one attached hydrogen (secondary N) is 1. The minimum atomic E-state index is -0.706. The Kier molecular flexibility index (Phi) is 4.02. The lowest BCUT2D eigenvalue weighted by Gasteiger charge is -2.15. The number of benzene rings is 1. The van der Waals surface area contributed by atoms with Gasteiger partial charge in [-0.2, -0.15) is 0 Å². The number of nitrogens with zero attached hydrogens (tertiary/aromatic N) is 3. The fourth-order valence-corrected chi connectivity index (χ4v) is 2.74. The number of amides is 2. The van der Waals surface area contributed by atoms with Gasteiger partial charge in [0.2, 0.25) is 0 Å². The second-order valence-electron chi connectivity index (χ2n) is 5.95. The molecule has 122 valence electrons. The zero-order valence-corrected chi connectivity index (χ0v) is 13.0. The minimum absolute atomic E-state index is 0.138. The molecule has 0 spiro atoms. The molecule has 1 aliphatic rings. The lowest BCUT2D eigenvalue weighted by Crippen LogP contribution is -2.32. The molecule has 0 radical (unpaired) electrons. The Hall–Kier alpha value is -2.44. The second kappa shape index (κ2) is 5.98. The highest BCUT2D eigenvalue weighted by Gasteiger charge is 2.24. The van der Waals surface area contributed by atoms with Gasteiger partial charge in [0.25, 0.3) is 0 Å². The molecule has 0 saturated carbocycles. The average Bonchev–Trinajstić information content (AvgIpc) is 3.05. The van der Waals surface area contributed by atoms with Crippen LogP contribution in [-0.2, 0) is 0 Å². The topological polar surface area (TPSA) is 50.2 Å². The molecule has 1 aliphatic heterocycles. The maximum absolute atomic E-state index is 13.9. The van der Waals surface area contributed by atoms with Crippen LogP contribution in [0.4, 0.5) is 19.4 Å². The third-order valence-electron chi connectivity index (χ3n) is 3.97. The van der Waals surface area contributed by atoms with E-state index in [0.29, 0.717) is 17.4 Å². The molecular formula is C16H18F2N4O. The molecule has 1 N–H and O–H groups in total. The third-order valence-corrected chi connectivity index (χ3v) is 3.97. The van der Waals surface area contributed by atoms with Gasteiger partial charge in [0.1, 0.15) is 11.5 Å². The van der Waals surface area contributed by atoms with Crippen molar-refractivity contribution in [3.8, 4) is 5.69 Å². The lowest BCUT2D eigenvalue weighted by atomic mass is 10.2. The Labute approximate surface area is 132 Å². The van der Waals surface area contributed by atoms with E-state index in [2.05, 4.69) is 17.3 Å². The van der Waals surface area contributed by atoms with Crippen molar-refractivity contribution < 1.29 is 13.6 Å². The number of likely N-dealkylation sites (tertiary alicyclic amines) is 1. The van der Waals surface area contributed by atoms with Crippen molar-refractivity contribution in [2.24, 2.45) is 5.92 Å². The zero-order chi connectivity index (χ0) is 16.6. The first-order valence-corrected chi connectivity index (χ1v) is 7.52. The summed E-state index contributed by atoms with van der Waals surface area (Å²) in [6.45, 7) is 5.28. The first kappa shape index (κ1) is 15.5. The van der Waals surface area contributed by atoms with E-state index in [-0.39, 0.29) is 11.7 Å². The SMILES string of the molecule is Cc1cc(NC(=O)N2CC[C@@H](C)C2)nn1-c1ccc(F)cc1F. The summed E-state index contributed by atoms with van der Waals surface area (Å²) in [7, 11) is 0. The number of anilines is 1. The predicted molar refractivity (Wildman–Crippen MR) is 82.6 cm³/mol. The molecule has 7 heteroatoms. The Balaban J connectivity index is 1.79. The smallest absolute Gasteiger partial charge is 0.323 e. The van der Waals surface area contributed by atoms with Gasteiger partial charge in [-0.1, -0.05) is 6.92 Å². The molecule has 1 saturated heterocycles. The van der Waals surface area contributed by atoms with Crippen molar-refractivity contribution in [2.45, 2.75) is 20.3 Å². The molecule has 0 unspecified atom stereocenters. The van der Waals surface area contributed by atoms with Crippen LogP contribution in [0, 0.1) is 24.5 Å². The molecule has 3 rings (SSSR count). The van der Waals surface area contributed by atoms with E-state index < -0.39 is 11.6 Å². The summed E-state index contributed by atoms with van der Waals surface area (Å²) in [4.78, 5) is 13.9. The summed E-state index contributed by atoms with van der Waals surface area (Å²) < 4.78 is 28.2. The molecule has 5 nitrogen and oxygen atoms in total. The van der Waals surface area contributed by atoms with Crippen LogP contribution in [0.3, 0.4) is 0 Å². The quantitative estimate of drug-likeness (QED) is 0.923. The maximum Gasteiger partial charge on any atom is 0.323 e. The van der Waals surface area contributed by atoms with Crippen molar-refractivity contribution in [1.82, 2.24) is 14.7 Å². The summed E-state index contributed by atoms with van der Waals surface area (Å²) in [5, 5.41) is 6.92. The molecule has 0 bridgehead atoms. The Morgan fingerprint density at radius 3 is 2.78 bits per heavy atom. The first-order chi connectivity index (χ1) is 10.9. The van der Waals surface area contributed by atoms with Crippen molar-refractivity contribution in [1.29, 1.82) is 0 Å². The van der Waals surface area contributed by atoms with Gasteiger partial charge in [0.05, 0.1) is 0 Å². The number of rotatable bonds is 2. The molecule has 2 aromatic rings. The van der Waals surface area contributed by atoms with E-state index in [9.17, 15) is 13.6 Å². The number of carbonyl (C=O) groups is 1. The first-order valence-electron chi connectivity index (χ1n) is 7.52. The van der Waals surface area contributed by atoms with Gasteiger partial charge < -0.3 is 4.90 Å². The molecule has 2 heterocycles. The van der Waals surface area contributed by atoms with Gasteiger partial charge in [-0.05, 0) is 31.4 Å². The number of urea groups is 1. The van der Waals surface area contributed by atoms with Crippen molar-refractivity contribution in [3.63, 3.8) is 0 Å². The van der Waals surface area contributed by atoms with Gasteiger partial charge in [0, 0.05) is 30.9 Å². The highest BCUT2D eigenvalue weighted by atomic mass is 19.1. The number of aryl methyl sites for hydroxylation is 1. The molecule has 1 fully saturated rings. The third kappa shape index (κ3) is 3.18. The standard InChI is InChI=1S/C16H18F2N4O/c1-10-5-6-21(9-10)16(23)19-15-7-11(2)22(20-15)14-4-3-12(17)8-13(14)18/h3-4,7-8,10H,5-6,9H2,1-2H3,(H,19,20,23)/t10-/m1/s1. The molecule has 1 aromatic heterocycles. The highest BCUT2D eigenvalue weighted by Crippen LogP contribution is 2.20. The number of hydrogen-bond donors (Lipinski definition) is 1. The van der Waals surface area contributed by atoms with Crippen LogP contribution in [0.25, 0.3) is 5.69 Å². The number of carbonyl (C=O) groups excluding carboxylic acids is 1. The number of halogens is 2. The fraction of sp³-hybridized carbons (Fsp3) is 0.375. The summed E-state index contributed by atoms with van der Waals surface area (Å²) in [5.74, 6) is -0.515. The van der Waals surface area contributed by atoms with E-state index in [1.54, 1.807) is 17.9 Å². The van der Waals surface area contributed by atoms with Gasteiger partial charge in [-0.25, -0.2) is 18.3 Å². The van der Waals surface area contributed by atoms with Crippen LogP contribution < -0.4 is 5.32 Å². The molecule has 1 atom stereocenters. The van der Waals surface area contributed by atoms with E-state index in [4.69, 9.17) is 0 Å². The van der Waals surface area contributed by atoms with Crippen LogP contribution in [0.5, 0.6) is 0 Å².